The average molecular weight is 766 g/mol. The molecular weight excluding hydrogens is 727 g/mol. The number of nitrogens with zero attached hydrogens (tertiary/aromatic N) is 1. The van der Waals surface area contributed by atoms with Crippen LogP contribution >= 0.6 is 0 Å². The Kier molecular flexibility index (Phi) is 8.87. The van der Waals surface area contributed by atoms with Crippen molar-refractivity contribution in [1.82, 2.24) is 0 Å². The van der Waals surface area contributed by atoms with E-state index in [-0.39, 0.29) is 0 Å². The van der Waals surface area contributed by atoms with E-state index in [9.17, 15) is 0 Å². The van der Waals surface area contributed by atoms with Crippen LogP contribution in [0.3, 0.4) is 0 Å². The minimum Gasteiger partial charge on any atom is -0.456 e. The normalized spacial score (nSPS) is 11.3. The monoisotopic (exact) mass is 765 g/mol. The van der Waals surface area contributed by atoms with Gasteiger partial charge in [-0.25, -0.2) is 0 Å². The number of anilines is 3. The van der Waals surface area contributed by atoms with Crippen LogP contribution in [0.15, 0.2) is 241 Å². The molecule has 0 unspecified atom stereocenters. The molecule has 0 N–H and O–H groups in total. The number of hydrogen-bond acceptors (Lipinski definition) is 2. The quantitative estimate of drug-likeness (QED) is 0.153. The van der Waals surface area contributed by atoms with E-state index in [4.69, 9.17) is 4.42 Å². The highest BCUT2D eigenvalue weighted by Crippen LogP contribution is 2.44. The lowest BCUT2D eigenvalue weighted by molar-refractivity contribution is 0.669. The maximum atomic E-state index is 6.38. The van der Waals surface area contributed by atoms with Crippen LogP contribution in [0.1, 0.15) is 0 Å². The van der Waals surface area contributed by atoms with Crippen molar-refractivity contribution in [2.24, 2.45) is 0 Å². The third kappa shape index (κ3) is 6.51. The van der Waals surface area contributed by atoms with Gasteiger partial charge in [0.25, 0.3) is 0 Å². The zero-order chi connectivity index (χ0) is 39.8. The van der Waals surface area contributed by atoms with Crippen molar-refractivity contribution >= 4 is 49.8 Å². The highest BCUT2D eigenvalue weighted by molar-refractivity contribution is 6.13. The van der Waals surface area contributed by atoms with Crippen molar-refractivity contribution in [3.63, 3.8) is 0 Å². The molecule has 0 atom stereocenters. The molecule has 0 fully saturated rings. The van der Waals surface area contributed by atoms with Crippen molar-refractivity contribution in [2.45, 2.75) is 0 Å². The SMILES string of the molecule is c1ccc(-c2ccccc2-c2ccc(N(c3ccc(-c4ccc(-c5cccc(-c6ccc7ccccc7c6)c5)cc4)cc3)c3cccc4oc5ccccc5c34)cc2)cc1. The van der Waals surface area contributed by atoms with Crippen LogP contribution < -0.4 is 4.90 Å². The summed E-state index contributed by atoms with van der Waals surface area (Å²) in [5.74, 6) is 0. The summed E-state index contributed by atoms with van der Waals surface area (Å²) in [4.78, 5) is 2.35. The van der Waals surface area contributed by atoms with Crippen LogP contribution in [-0.2, 0) is 0 Å². The molecule has 0 saturated heterocycles. The molecule has 10 aromatic carbocycles. The van der Waals surface area contributed by atoms with Crippen LogP contribution in [0.5, 0.6) is 0 Å². The van der Waals surface area contributed by atoms with Gasteiger partial charge in [0.15, 0.2) is 0 Å². The van der Waals surface area contributed by atoms with Crippen molar-refractivity contribution in [2.75, 3.05) is 4.90 Å². The first-order chi connectivity index (χ1) is 29.7. The maximum Gasteiger partial charge on any atom is 0.137 e. The Morgan fingerprint density at radius 1 is 0.283 bits per heavy atom. The molecule has 2 nitrogen and oxygen atoms in total. The van der Waals surface area contributed by atoms with Gasteiger partial charge in [-0.3, -0.25) is 0 Å². The second-order valence-electron chi connectivity index (χ2n) is 15.3. The Morgan fingerprint density at radius 3 is 1.47 bits per heavy atom. The first-order valence-corrected chi connectivity index (χ1v) is 20.5. The second-order valence-corrected chi connectivity index (χ2v) is 15.3. The Balaban J connectivity index is 0.938. The molecule has 1 heterocycles. The smallest absolute Gasteiger partial charge is 0.137 e. The third-order valence-corrected chi connectivity index (χ3v) is 11.7. The summed E-state index contributed by atoms with van der Waals surface area (Å²) in [7, 11) is 0. The van der Waals surface area contributed by atoms with Gasteiger partial charge in [0.1, 0.15) is 11.2 Å². The standard InChI is InChI=1S/C58H39NO/c1-2-13-44(14-3-1)52-18-6-7-19-53(52)45-32-36-51(37-33-45)59(55-21-11-23-57-58(55)54-20-8-9-22-56(54)60-57)50-34-30-42(31-35-50)41-24-26-43(27-25-41)47-16-10-17-48(38-47)49-29-28-40-12-4-5-15-46(40)39-49/h1-39H. The predicted octanol–water partition coefficient (Wildman–Crippen LogP) is 16.5. The zero-order valence-corrected chi connectivity index (χ0v) is 32.9. The highest BCUT2D eigenvalue weighted by Gasteiger charge is 2.20. The van der Waals surface area contributed by atoms with Crippen LogP contribution in [0.25, 0.3) is 88.3 Å². The molecule has 60 heavy (non-hydrogen) atoms. The van der Waals surface area contributed by atoms with E-state index in [0.29, 0.717) is 0 Å². The Hall–Kier alpha value is -7.94. The van der Waals surface area contributed by atoms with E-state index >= 15 is 0 Å². The van der Waals surface area contributed by atoms with Gasteiger partial charge < -0.3 is 9.32 Å². The summed E-state index contributed by atoms with van der Waals surface area (Å²) in [5.41, 5.74) is 16.9. The summed E-state index contributed by atoms with van der Waals surface area (Å²) < 4.78 is 6.38. The zero-order valence-electron chi connectivity index (χ0n) is 32.9. The van der Waals surface area contributed by atoms with Crippen LogP contribution in [-0.4, -0.2) is 0 Å². The summed E-state index contributed by atoms with van der Waals surface area (Å²) in [6.45, 7) is 0. The summed E-state index contributed by atoms with van der Waals surface area (Å²) in [6, 6.07) is 84.8. The molecule has 11 rings (SSSR count). The number of fused-ring (bicyclic) bond motifs is 4. The molecule has 0 amide bonds. The second kappa shape index (κ2) is 15.1. The fourth-order valence-electron chi connectivity index (χ4n) is 8.67. The van der Waals surface area contributed by atoms with Crippen molar-refractivity contribution < 1.29 is 4.42 Å². The van der Waals surface area contributed by atoms with Gasteiger partial charge in [0.2, 0.25) is 0 Å². The molecule has 11 aromatic rings. The van der Waals surface area contributed by atoms with Gasteiger partial charge in [0, 0.05) is 16.8 Å². The molecule has 0 radical (unpaired) electrons. The Bertz CT molecular complexity index is 3290. The molecule has 0 bridgehead atoms. The van der Waals surface area contributed by atoms with Gasteiger partial charge in [-0.05, 0) is 121 Å². The molecule has 0 aliphatic rings. The summed E-state index contributed by atoms with van der Waals surface area (Å²) in [5, 5.41) is 4.70. The van der Waals surface area contributed by atoms with Crippen molar-refractivity contribution in [3.05, 3.63) is 237 Å². The van der Waals surface area contributed by atoms with Crippen LogP contribution in [0, 0.1) is 0 Å². The molecule has 0 aliphatic carbocycles. The van der Waals surface area contributed by atoms with Crippen molar-refractivity contribution in [1.29, 1.82) is 0 Å². The van der Waals surface area contributed by atoms with E-state index in [0.717, 1.165) is 44.6 Å². The fourth-order valence-corrected chi connectivity index (χ4v) is 8.67. The lowest BCUT2D eigenvalue weighted by atomic mass is 9.94. The Labute approximate surface area is 349 Å². The first-order valence-electron chi connectivity index (χ1n) is 20.5. The van der Waals surface area contributed by atoms with E-state index in [1.807, 2.05) is 12.1 Å². The minimum atomic E-state index is 0.867. The average Bonchev–Trinajstić information content (AvgIpc) is 3.72. The molecule has 0 saturated carbocycles. The molecule has 0 aliphatic heterocycles. The summed E-state index contributed by atoms with van der Waals surface area (Å²) in [6.07, 6.45) is 0. The molecule has 282 valence electrons. The Morgan fingerprint density at radius 2 is 0.750 bits per heavy atom. The van der Waals surface area contributed by atoms with Gasteiger partial charge in [0.05, 0.1) is 11.1 Å². The first kappa shape index (κ1) is 35.2. The number of hydrogen-bond donors (Lipinski definition) is 0. The fraction of sp³-hybridized carbons (Fsp3) is 0. The van der Waals surface area contributed by atoms with E-state index in [1.165, 1.54) is 60.8 Å². The number of benzene rings is 10. The minimum absolute atomic E-state index is 0.867. The maximum absolute atomic E-state index is 6.38. The predicted molar refractivity (Wildman–Crippen MR) is 253 cm³/mol. The third-order valence-electron chi connectivity index (χ3n) is 11.7. The number of rotatable bonds is 8. The summed E-state index contributed by atoms with van der Waals surface area (Å²) >= 11 is 0. The van der Waals surface area contributed by atoms with Gasteiger partial charge in [-0.15, -0.1) is 0 Å². The van der Waals surface area contributed by atoms with E-state index < -0.39 is 0 Å². The molecular formula is C58H39NO. The lowest BCUT2D eigenvalue weighted by Gasteiger charge is -2.27. The van der Waals surface area contributed by atoms with E-state index in [2.05, 4.69) is 229 Å². The molecule has 1 aromatic heterocycles. The lowest BCUT2D eigenvalue weighted by Crippen LogP contribution is -2.10. The van der Waals surface area contributed by atoms with Gasteiger partial charge >= 0.3 is 0 Å². The van der Waals surface area contributed by atoms with Gasteiger partial charge in [-0.2, -0.15) is 0 Å². The molecule has 0 spiro atoms. The van der Waals surface area contributed by atoms with E-state index in [1.54, 1.807) is 0 Å². The van der Waals surface area contributed by atoms with Crippen LogP contribution in [0.2, 0.25) is 0 Å². The van der Waals surface area contributed by atoms with Crippen molar-refractivity contribution in [3.8, 4) is 55.6 Å². The largest absolute Gasteiger partial charge is 0.456 e. The number of furan rings is 1. The highest BCUT2D eigenvalue weighted by atomic mass is 16.3. The number of para-hydroxylation sites is 1. The molecule has 2 heteroatoms. The van der Waals surface area contributed by atoms with Gasteiger partial charge in [-0.1, -0.05) is 182 Å². The topological polar surface area (TPSA) is 16.4 Å². The van der Waals surface area contributed by atoms with Crippen LogP contribution in [0.4, 0.5) is 17.1 Å².